The van der Waals surface area contributed by atoms with E-state index < -0.39 is 42.1 Å². The second-order valence-corrected chi connectivity index (χ2v) is 12.9. The lowest BCUT2D eigenvalue weighted by atomic mass is 9.81. The van der Waals surface area contributed by atoms with Crippen LogP contribution in [-0.4, -0.2) is 56.8 Å². The lowest BCUT2D eigenvalue weighted by Gasteiger charge is -2.31. The highest BCUT2D eigenvalue weighted by molar-refractivity contribution is 7.13. The third-order valence-corrected chi connectivity index (χ3v) is 8.50. The Hall–Kier alpha value is -3.11. The molecule has 5 atom stereocenters. The van der Waals surface area contributed by atoms with Crippen LogP contribution in [-0.2, 0) is 15.0 Å². The van der Waals surface area contributed by atoms with Crippen LogP contribution in [0.5, 0.6) is 0 Å². The first-order valence-electron chi connectivity index (χ1n) is 13.6. The van der Waals surface area contributed by atoms with Gasteiger partial charge in [0.25, 0.3) is 0 Å². The molecule has 2 amide bonds. The summed E-state index contributed by atoms with van der Waals surface area (Å²) in [5.74, 6) is -1.73. The number of likely N-dealkylation sites (tertiary alicyclic amines) is 1. The van der Waals surface area contributed by atoms with Crippen LogP contribution in [0.25, 0.3) is 10.4 Å². The van der Waals surface area contributed by atoms with E-state index in [1.165, 1.54) is 0 Å². The first kappa shape index (κ1) is 29.9. The number of halogens is 1. The highest BCUT2D eigenvalue weighted by Gasteiger charge is 2.50. The molecule has 1 fully saturated rings. The summed E-state index contributed by atoms with van der Waals surface area (Å²) in [7, 11) is 0. The lowest BCUT2D eigenvalue weighted by molar-refractivity contribution is -0.142. The quantitative estimate of drug-likeness (QED) is 0.402. The Bertz CT molecular complexity index is 1380. The number of nitrogens with zero attached hydrogens (tertiary/aromatic N) is 3. The van der Waals surface area contributed by atoms with Gasteiger partial charge < -0.3 is 19.8 Å². The van der Waals surface area contributed by atoms with Crippen LogP contribution in [0.2, 0.25) is 0 Å². The Kier molecular flexibility index (Phi) is 8.52. The van der Waals surface area contributed by atoms with Gasteiger partial charge in [-0.15, -0.1) is 11.3 Å². The number of β-amino-alcohol motifs (C(OH)–C–C–N with tert-alkyl or cyclic N) is 1. The Morgan fingerprint density at radius 1 is 1.20 bits per heavy atom. The summed E-state index contributed by atoms with van der Waals surface area (Å²) in [6.07, 6.45) is -3.38. The molecule has 3 aromatic rings. The van der Waals surface area contributed by atoms with Gasteiger partial charge in [0.1, 0.15) is 23.8 Å². The maximum absolute atomic E-state index is 15.3. The average molecular weight is 571 g/mol. The number of hydrogen-bond donors (Lipinski definition) is 2. The molecule has 0 radical (unpaired) electrons. The van der Waals surface area contributed by atoms with Gasteiger partial charge in [0, 0.05) is 6.07 Å². The number of carbonyl (C=O) groups is 2. The predicted octanol–water partition coefficient (Wildman–Crippen LogP) is 5.24. The topological polar surface area (TPSA) is 109 Å². The van der Waals surface area contributed by atoms with Gasteiger partial charge >= 0.3 is 0 Å². The van der Waals surface area contributed by atoms with Crippen molar-refractivity contribution >= 4 is 23.2 Å². The number of hydrogen-bond acceptors (Lipinski definition) is 7. The monoisotopic (exact) mass is 570 g/mol. The molecule has 216 valence electrons. The smallest absolute Gasteiger partial charge is 0.246 e. The van der Waals surface area contributed by atoms with Gasteiger partial charge in [-0.3, -0.25) is 9.59 Å². The number of nitrogens with one attached hydrogen (secondary N) is 1. The van der Waals surface area contributed by atoms with Crippen molar-refractivity contribution in [2.45, 2.75) is 91.1 Å². The van der Waals surface area contributed by atoms with Crippen molar-refractivity contribution in [1.82, 2.24) is 20.4 Å². The number of amides is 2. The van der Waals surface area contributed by atoms with E-state index in [-0.39, 0.29) is 17.9 Å². The number of aryl methyl sites for hydroxylation is 2. The van der Waals surface area contributed by atoms with E-state index in [2.05, 4.69) is 42.3 Å². The third kappa shape index (κ3) is 5.83. The zero-order valence-electron chi connectivity index (χ0n) is 24.4. The summed E-state index contributed by atoms with van der Waals surface area (Å²) in [6, 6.07) is 5.85. The Morgan fingerprint density at radius 2 is 1.90 bits per heavy atom. The molecular weight excluding hydrogens is 531 g/mol. The zero-order chi connectivity index (χ0) is 29.5. The number of aliphatic hydroxyl groups is 1. The molecule has 0 unspecified atom stereocenters. The van der Waals surface area contributed by atoms with Crippen molar-refractivity contribution in [3.63, 3.8) is 0 Å². The van der Waals surface area contributed by atoms with Gasteiger partial charge in [-0.05, 0) is 54.9 Å². The average Bonchev–Trinajstić information content (AvgIpc) is 3.57. The predicted molar refractivity (Wildman–Crippen MR) is 153 cm³/mol. The van der Waals surface area contributed by atoms with Crippen molar-refractivity contribution in [2.24, 2.45) is 5.92 Å². The standard InChI is InChI=1S/C30H39FN4O4S/c1-15(2)24(23-11-16(3)34-39-23)29(38)35-13-22(36)25(31)26(35)28(37)33-17(4)20-10-9-19(12-21(20)30(6,7)8)27-18(5)32-14-40-27/h9-12,14-15,17,22,24-26,36H,13H2,1-8H3,(H,33,37)/t17-,22-,24+,25-,26-/m0/s1. The van der Waals surface area contributed by atoms with Crippen LogP contribution in [0.15, 0.2) is 34.3 Å². The van der Waals surface area contributed by atoms with Crippen molar-refractivity contribution in [3.05, 3.63) is 58.1 Å². The molecule has 0 aliphatic carbocycles. The SMILES string of the molecule is Cc1cc([C@H](C(=O)N2C[C@H](O)[C@H](F)[C@H]2C(=O)N[C@@H](C)c2ccc(-c3scnc3C)cc2C(C)(C)C)C(C)C)on1. The molecule has 1 aliphatic rings. The van der Waals surface area contributed by atoms with Gasteiger partial charge in [-0.1, -0.05) is 51.9 Å². The molecule has 0 bridgehead atoms. The van der Waals surface area contributed by atoms with Gasteiger partial charge in [0.05, 0.1) is 34.4 Å². The number of aromatic nitrogens is 2. The fourth-order valence-corrected chi connectivity index (χ4v) is 6.24. The molecule has 10 heteroatoms. The second-order valence-electron chi connectivity index (χ2n) is 12.1. The van der Waals surface area contributed by atoms with Crippen LogP contribution in [0.4, 0.5) is 4.39 Å². The van der Waals surface area contributed by atoms with E-state index >= 15 is 4.39 Å². The first-order chi connectivity index (χ1) is 18.7. The number of carbonyl (C=O) groups excluding carboxylic acids is 2. The summed E-state index contributed by atoms with van der Waals surface area (Å²) in [6.45, 7) is 15.3. The fraction of sp³-hybridized carbons (Fsp3) is 0.533. The molecule has 0 saturated carbocycles. The highest BCUT2D eigenvalue weighted by atomic mass is 32.1. The normalized spacial score (nSPS) is 21.1. The molecule has 1 saturated heterocycles. The number of benzene rings is 1. The van der Waals surface area contributed by atoms with Gasteiger partial charge in [-0.25, -0.2) is 9.37 Å². The minimum absolute atomic E-state index is 0.201. The zero-order valence-corrected chi connectivity index (χ0v) is 25.2. The maximum Gasteiger partial charge on any atom is 0.246 e. The van der Waals surface area contributed by atoms with E-state index in [0.29, 0.717) is 11.5 Å². The van der Waals surface area contributed by atoms with Gasteiger partial charge in [-0.2, -0.15) is 0 Å². The summed E-state index contributed by atoms with van der Waals surface area (Å²) in [4.78, 5) is 33.9. The molecule has 1 aromatic carbocycles. The van der Waals surface area contributed by atoms with Gasteiger partial charge in [0.15, 0.2) is 6.17 Å². The van der Waals surface area contributed by atoms with Crippen molar-refractivity contribution in [2.75, 3.05) is 6.54 Å². The number of rotatable bonds is 7. The largest absolute Gasteiger partial charge is 0.388 e. The molecule has 0 spiro atoms. The molecule has 1 aliphatic heterocycles. The fourth-order valence-electron chi connectivity index (χ4n) is 5.44. The van der Waals surface area contributed by atoms with Crippen molar-refractivity contribution in [3.8, 4) is 10.4 Å². The van der Waals surface area contributed by atoms with Crippen LogP contribution in [0, 0.1) is 19.8 Å². The molecule has 2 N–H and O–H groups in total. The van der Waals surface area contributed by atoms with Gasteiger partial charge in [0.2, 0.25) is 11.8 Å². The van der Waals surface area contributed by atoms with E-state index in [9.17, 15) is 14.7 Å². The Balaban J connectivity index is 1.61. The summed E-state index contributed by atoms with van der Waals surface area (Å²) >= 11 is 1.58. The number of alkyl halides is 1. The molecule has 8 nitrogen and oxygen atoms in total. The molecule has 3 heterocycles. The number of aliphatic hydroxyl groups excluding tert-OH is 1. The van der Waals surface area contributed by atoms with E-state index in [0.717, 1.165) is 32.2 Å². The van der Waals surface area contributed by atoms with Crippen molar-refractivity contribution < 1.29 is 23.6 Å². The van der Waals surface area contributed by atoms with E-state index in [1.807, 2.05) is 45.3 Å². The summed E-state index contributed by atoms with van der Waals surface area (Å²) in [5, 5.41) is 17.2. The minimum Gasteiger partial charge on any atom is -0.388 e. The molecule has 40 heavy (non-hydrogen) atoms. The maximum atomic E-state index is 15.3. The van der Waals surface area contributed by atoms with E-state index in [4.69, 9.17) is 4.52 Å². The van der Waals surface area contributed by atoms with Crippen LogP contribution in [0.3, 0.4) is 0 Å². The van der Waals surface area contributed by atoms with Crippen molar-refractivity contribution in [1.29, 1.82) is 0 Å². The van der Waals surface area contributed by atoms with Crippen LogP contribution >= 0.6 is 11.3 Å². The minimum atomic E-state index is -1.92. The summed E-state index contributed by atoms with van der Waals surface area (Å²) in [5.41, 5.74) is 6.15. The molecule has 2 aromatic heterocycles. The summed E-state index contributed by atoms with van der Waals surface area (Å²) < 4.78 is 20.7. The van der Waals surface area contributed by atoms with E-state index in [1.54, 1.807) is 24.3 Å². The van der Waals surface area contributed by atoms with Crippen LogP contribution < -0.4 is 5.32 Å². The molecular formula is C30H39FN4O4S. The third-order valence-electron chi connectivity index (χ3n) is 7.52. The molecule has 4 rings (SSSR count). The number of thiazole rings is 1. The second kappa shape index (κ2) is 11.4. The Morgan fingerprint density at radius 3 is 2.45 bits per heavy atom. The lowest BCUT2D eigenvalue weighted by Crippen LogP contribution is -2.51. The Labute approximate surface area is 239 Å². The first-order valence-corrected chi connectivity index (χ1v) is 14.5. The van der Waals surface area contributed by atoms with Crippen LogP contribution in [0.1, 0.15) is 81.8 Å². The highest BCUT2D eigenvalue weighted by Crippen LogP contribution is 2.37.